The van der Waals surface area contributed by atoms with Gasteiger partial charge in [-0.05, 0) is 43.6 Å². The summed E-state index contributed by atoms with van der Waals surface area (Å²) in [5.41, 5.74) is 0. The van der Waals surface area contributed by atoms with E-state index >= 15 is 0 Å². The Hall–Kier alpha value is -0.240. The molecule has 2 aromatic heterocycles. The van der Waals surface area contributed by atoms with Crippen LogP contribution in [0.5, 0.6) is 0 Å². The summed E-state index contributed by atoms with van der Waals surface area (Å²) in [6.07, 6.45) is 3.94. The summed E-state index contributed by atoms with van der Waals surface area (Å²) in [5, 5.41) is 0. The number of rotatable bonds is 3. The highest BCUT2D eigenvalue weighted by Crippen LogP contribution is 2.26. The van der Waals surface area contributed by atoms with Gasteiger partial charge in [-0.3, -0.25) is 4.40 Å². The van der Waals surface area contributed by atoms with Gasteiger partial charge in [0.2, 0.25) is 0 Å². The summed E-state index contributed by atoms with van der Waals surface area (Å²) < 4.78 is 17.7. The molecule has 2 atom stereocenters. The number of thiazole rings is 1. The first kappa shape index (κ1) is 14.2. The quantitative estimate of drug-likeness (QED) is 0.924. The van der Waals surface area contributed by atoms with Crippen molar-refractivity contribution in [3.8, 4) is 0 Å². The van der Waals surface area contributed by atoms with Gasteiger partial charge in [-0.1, -0.05) is 11.3 Å². The fraction of sp³-hybridized carbons (Fsp3) is 0.545. The molecule has 2 aromatic rings. The minimum atomic E-state index is -1.06. The first-order chi connectivity index (χ1) is 8.27. The van der Waals surface area contributed by atoms with Gasteiger partial charge >= 0.3 is 0 Å². The van der Waals surface area contributed by atoms with Crippen molar-refractivity contribution < 1.29 is 4.21 Å². The van der Waals surface area contributed by atoms with Gasteiger partial charge < -0.3 is 0 Å². The van der Waals surface area contributed by atoms with E-state index in [1.54, 1.807) is 11.3 Å². The Kier molecular flexibility index (Phi) is 3.96. The number of halogens is 1. The van der Waals surface area contributed by atoms with E-state index in [2.05, 4.69) is 25.6 Å². The average molecular weight is 350 g/mol. The highest BCUT2D eigenvalue weighted by atomic mass is 79.9. The Morgan fingerprint density at radius 1 is 1.50 bits per heavy atom. The molecule has 100 valence electrons. The molecule has 0 spiro atoms. The minimum absolute atomic E-state index is 0.0514. The molecule has 2 heterocycles. The van der Waals surface area contributed by atoms with Crippen LogP contribution >= 0.6 is 27.3 Å². The molecule has 0 aliphatic rings. The Balaban J connectivity index is 2.16. The van der Waals surface area contributed by atoms with Crippen LogP contribution in [0.3, 0.4) is 0 Å². The molecule has 2 rings (SSSR count). The van der Waals surface area contributed by atoms with Crippen LogP contribution in [0, 0.1) is 0 Å². The summed E-state index contributed by atoms with van der Waals surface area (Å²) in [6, 6.07) is 0.0514. The lowest BCUT2D eigenvalue weighted by Crippen LogP contribution is -2.34. The summed E-state index contributed by atoms with van der Waals surface area (Å²) in [6.45, 7) is 7.90. The van der Waals surface area contributed by atoms with E-state index in [0.717, 1.165) is 14.4 Å². The van der Waals surface area contributed by atoms with Gasteiger partial charge in [0, 0.05) is 17.3 Å². The Morgan fingerprint density at radius 3 is 2.72 bits per heavy atom. The molecule has 0 aromatic carbocycles. The van der Waals surface area contributed by atoms with Crippen LogP contribution in [0.25, 0.3) is 4.96 Å². The topological polar surface area (TPSA) is 46.4 Å². The summed E-state index contributed by atoms with van der Waals surface area (Å²) in [5.74, 6) is 0. The van der Waals surface area contributed by atoms with Crippen LogP contribution in [-0.4, -0.2) is 18.3 Å². The van der Waals surface area contributed by atoms with Crippen molar-refractivity contribution in [1.82, 2.24) is 14.1 Å². The van der Waals surface area contributed by atoms with E-state index in [0.29, 0.717) is 0 Å². The second-order valence-corrected chi connectivity index (χ2v) is 8.96. The third kappa shape index (κ3) is 3.01. The van der Waals surface area contributed by atoms with E-state index < -0.39 is 11.0 Å². The van der Waals surface area contributed by atoms with Gasteiger partial charge in [-0.2, -0.15) is 0 Å². The number of nitrogens with one attached hydrogen (secondary N) is 1. The smallest absolute Gasteiger partial charge is 0.195 e. The zero-order valence-electron chi connectivity index (χ0n) is 10.7. The third-order valence-electron chi connectivity index (χ3n) is 2.41. The lowest BCUT2D eigenvalue weighted by molar-refractivity contribution is 0.618. The van der Waals surface area contributed by atoms with E-state index in [4.69, 9.17) is 0 Å². The Morgan fingerprint density at radius 2 is 2.17 bits per heavy atom. The molecule has 0 fully saturated rings. The van der Waals surface area contributed by atoms with Gasteiger partial charge in [-0.15, -0.1) is 0 Å². The normalized spacial score (nSPS) is 16.1. The molecule has 0 amide bonds. The second kappa shape index (κ2) is 5.03. The molecule has 0 saturated carbocycles. The van der Waals surface area contributed by atoms with Crippen molar-refractivity contribution in [3.05, 3.63) is 21.9 Å². The van der Waals surface area contributed by atoms with Gasteiger partial charge in [0.1, 0.15) is 4.60 Å². The van der Waals surface area contributed by atoms with Gasteiger partial charge in [-0.25, -0.2) is 13.9 Å². The molecule has 1 N–H and O–H groups in total. The van der Waals surface area contributed by atoms with Gasteiger partial charge in [0.25, 0.3) is 0 Å². The van der Waals surface area contributed by atoms with Gasteiger partial charge in [0.15, 0.2) is 4.96 Å². The summed E-state index contributed by atoms with van der Waals surface area (Å²) in [7, 11) is -1.06. The van der Waals surface area contributed by atoms with Crippen molar-refractivity contribution in [2.75, 3.05) is 0 Å². The second-order valence-electron chi connectivity index (χ2n) is 5.11. The van der Waals surface area contributed by atoms with Crippen molar-refractivity contribution >= 4 is 43.2 Å². The van der Waals surface area contributed by atoms with Crippen molar-refractivity contribution in [3.63, 3.8) is 0 Å². The van der Waals surface area contributed by atoms with Crippen molar-refractivity contribution in [2.45, 2.75) is 38.5 Å². The van der Waals surface area contributed by atoms with Gasteiger partial charge in [0.05, 0.1) is 21.8 Å². The maximum Gasteiger partial charge on any atom is 0.195 e. The van der Waals surface area contributed by atoms with Crippen LogP contribution in [-0.2, 0) is 11.0 Å². The molecular formula is C11H16BrN3OS2. The van der Waals surface area contributed by atoms with Crippen LogP contribution < -0.4 is 4.72 Å². The highest BCUT2D eigenvalue weighted by molar-refractivity contribution is 9.10. The summed E-state index contributed by atoms with van der Waals surface area (Å²) >= 11 is 4.95. The lowest BCUT2D eigenvalue weighted by atomic mass is 10.3. The number of hydrogen-bond donors (Lipinski definition) is 1. The molecule has 7 heteroatoms. The fourth-order valence-electron chi connectivity index (χ4n) is 1.38. The van der Waals surface area contributed by atoms with Crippen molar-refractivity contribution in [1.29, 1.82) is 0 Å². The fourth-order valence-corrected chi connectivity index (χ4v) is 3.73. The average Bonchev–Trinajstić information content (AvgIpc) is 2.72. The predicted octanol–water partition coefficient (Wildman–Crippen LogP) is 3.27. The molecule has 0 aliphatic heterocycles. The molecule has 0 aliphatic carbocycles. The molecule has 0 bridgehead atoms. The minimum Gasteiger partial charge on any atom is -0.296 e. The molecule has 2 unspecified atom stereocenters. The van der Waals surface area contributed by atoms with E-state index in [9.17, 15) is 4.21 Å². The first-order valence-electron chi connectivity index (χ1n) is 5.59. The van der Waals surface area contributed by atoms with Crippen LogP contribution in [0.2, 0.25) is 0 Å². The maximum atomic E-state index is 12.0. The lowest BCUT2D eigenvalue weighted by Gasteiger charge is -2.21. The Bertz CT molecular complexity index is 553. The largest absolute Gasteiger partial charge is 0.296 e. The third-order valence-corrected chi connectivity index (χ3v) is 5.65. The molecular weight excluding hydrogens is 334 g/mol. The van der Waals surface area contributed by atoms with Crippen LogP contribution in [0.1, 0.15) is 38.6 Å². The zero-order valence-corrected chi connectivity index (χ0v) is 13.9. The number of hydrogen-bond acceptors (Lipinski definition) is 3. The van der Waals surface area contributed by atoms with E-state index in [1.165, 1.54) is 0 Å². The molecule has 18 heavy (non-hydrogen) atoms. The van der Waals surface area contributed by atoms with E-state index in [-0.39, 0.29) is 10.8 Å². The monoisotopic (exact) mass is 349 g/mol. The zero-order chi connectivity index (χ0) is 13.5. The molecule has 4 nitrogen and oxygen atoms in total. The van der Waals surface area contributed by atoms with Crippen LogP contribution in [0.4, 0.5) is 0 Å². The van der Waals surface area contributed by atoms with E-state index in [1.807, 2.05) is 44.5 Å². The maximum absolute atomic E-state index is 12.0. The van der Waals surface area contributed by atoms with Crippen molar-refractivity contribution in [2.24, 2.45) is 0 Å². The predicted molar refractivity (Wildman–Crippen MR) is 80.2 cm³/mol. The molecule has 0 radical (unpaired) electrons. The molecule has 0 saturated heterocycles. The standard InChI is InChI=1S/C11H16BrN3OS2/c1-7(14-18(16)11(2,3)4)8-5-15-6-9(12)13-10(15)17-8/h5-7,14H,1-4H3. The van der Waals surface area contributed by atoms with Crippen LogP contribution in [0.15, 0.2) is 17.0 Å². The Labute approximate surface area is 122 Å². The number of fused-ring (bicyclic) bond motifs is 1. The number of nitrogens with zero attached hydrogens (tertiary/aromatic N) is 2. The first-order valence-corrected chi connectivity index (χ1v) is 8.35. The number of imidazole rings is 1. The highest BCUT2D eigenvalue weighted by Gasteiger charge is 2.22. The SMILES string of the molecule is CC(NS(=O)C(C)(C)C)c1cn2cc(Br)nc2s1. The number of aromatic nitrogens is 2. The summed E-state index contributed by atoms with van der Waals surface area (Å²) in [4.78, 5) is 6.40.